The quantitative estimate of drug-likeness (QED) is 0.714. The van der Waals surface area contributed by atoms with Gasteiger partial charge in [0.2, 0.25) is 5.88 Å². The molecule has 2 heterocycles. The minimum absolute atomic E-state index is 0.0370. The van der Waals surface area contributed by atoms with Gasteiger partial charge in [-0.2, -0.15) is 0 Å². The number of furan rings is 1. The molecule has 96 valence electrons. The molecule has 0 spiro atoms. The lowest BCUT2D eigenvalue weighted by Crippen LogP contribution is -1.90. The summed E-state index contributed by atoms with van der Waals surface area (Å²) in [5, 5.41) is 0.0370. The number of nitrogen functional groups attached to an aromatic ring is 2. The first-order valence-corrected chi connectivity index (χ1v) is 5.83. The fourth-order valence-corrected chi connectivity index (χ4v) is 2.10. The molecule has 4 nitrogen and oxygen atoms in total. The molecular formula is C13H9ClFN3O. The second kappa shape index (κ2) is 4.13. The van der Waals surface area contributed by atoms with Crippen LogP contribution in [-0.2, 0) is 0 Å². The number of hydrogen-bond donors (Lipinski definition) is 2. The van der Waals surface area contributed by atoms with E-state index < -0.39 is 5.82 Å². The topological polar surface area (TPSA) is 78.1 Å². The fraction of sp³-hybridized carbons (Fsp3) is 0. The molecule has 0 unspecified atom stereocenters. The van der Waals surface area contributed by atoms with Gasteiger partial charge in [0.1, 0.15) is 17.0 Å². The van der Waals surface area contributed by atoms with Gasteiger partial charge in [-0.05, 0) is 23.8 Å². The predicted octanol–water partition coefficient (Wildman–Crippen LogP) is 3.45. The Morgan fingerprint density at radius 3 is 2.74 bits per heavy atom. The summed E-state index contributed by atoms with van der Waals surface area (Å²) in [4.78, 5) is 4.12. The van der Waals surface area contributed by atoms with Crippen LogP contribution in [0.5, 0.6) is 0 Å². The average Bonchev–Trinajstić information content (AvgIpc) is 2.69. The highest BCUT2D eigenvalue weighted by Crippen LogP contribution is 2.36. The van der Waals surface area contributed by atoms with Crippen molar-refractivity contribution in [2.75, 3.05) is 11.5 Å². The highest BCUT2D eigenvalue weighted by Gasteiger charge is 2.15. The van der Waals surface area contributed by atoms with Crippen LogP contribution in [0.3, 0.4) is 0 Å². The summed E-state index contributed by atoms with van der Waals surface area (Å²) >= 11 is 5.78. The standard InChI is InChI=1S/C13H9ClFN3O/c14-8-5-6(1-2-9(8)15)7-3-4-18-11-10(16)13(17)19-12(7)11/h1-5H,16-17H2. The smallest absolute Gasteiger partial charge is 0.216 e. The van der Waals surface area contributed by atoms with E-state index in [1.165, 1.54) is 12.1 Å². The molecule has 0 atom stereocenters. The molecule has 1 aromatic carbocycles. The van der Waals surface area contributed by atoms with Crippen molar-refractivity contribution in [2.24, 2.45) is 0 Å². The number of anilines is 2. The number of halogens is 2. The maximum absolute atomic E-state index is 13.2. The van der Waals surface area contributed by atoms with E-state index in [0.29, 0.717) is 27.9 Å². The first kappa shape index (κ1) is 11.8. The van der Waals surface area contributed by atoms with Crippen molar-refractivity contribution < 1.29 is 8.81 Å². The van der Waals surface area contributed by atoms with Crippen molar-refractivity contribution in [3.05, 3.63) is 41.3 Å². The van der Waals surface area contributed by atoms with Gasteiger partial charge in [-0.3, -0.25) is 4.98 Å². The van der Waals surface area contributed by atoms with Crippen molar-refractivity contribution in [2.45, 2.75) is 0 Å². The lowest BCUT2D eigenvalue weighted by molar-refractivity contribution is 0.628. The third kappa shape index (κ3) is 1.79. The minimum Gasteiger partial charge on any atom is -0.436 e. The van der Waals surface area contributed by atoms with E-state index >= 15 is 0 Å². The van der Waals surface area contributed by atoms with Gasteiger partial charge in [0.25, 0.3) is 0 Å². The molecule has 0 fully saturated rings. The molecular weight excluding hydrogens is 269 g/mol. The normalized spacial score (nSPS) is 11.1. The summed E-state index contributed by atoms with van der Waals surface area (Å²) in [6.07, 6.45) is 1.58. The first-order valence-electron chi connectivity index (χ1n) is 5.46. The summed E-state index contributed by atoms with van der Waals surface area (Å²) in [6.45, 7) is 0. The van der Waals surface area contributed by atoms with E-state index in [1.54, 1.807) is 18.3 Å². The Hall–Kier alpha value is -2.27. The minimum atomic E-state index is -0.478. The summed E-state index contributed by atoms with van der Waals surface area (Å²) in [6, 6.07) is 6.14. The SMILES string of the molecule is Nc1oc2c(-c3ccc(F)c(Cl)c3)ccnc2c1N. The van der Waals surface area contributed by atoms with Gasteiger partial charge in [0.15, 0.2) is 5.58 Å². The molecule has 0 aliphatic rings. The molecule has 3 aromatic rings. The maximum Gasteiger partial charge on any atom is 0.216 e. The summed E-state index contributed by atoms with van der Waals surface area (Å²) in [5.74, 6) is -0.364. The van der Waals surface area contributed by atoms with Crippen molar-refractivity contribution in [1.82, 2.24) is 4.98 Å². The van der Waals surface area contributed by atoms with Gasteiger partial charge in [-0.25, -0.2) is 4.39 Å². The van der Waals surface area contributed by atoms with Crippen molar-refractivity contribution in [3.63, 3.8) is 0 Å². The Bertz CT molecular complexity index is 785. The summed E-state index contributed by atoms with van der Waals surface area (Å²) in [5.41, 5.74) is 14.0. The van der Waals surface area contributed by atoms with Crippen LogP contribution in [0.1, 0.15) is 0 Å². The Kier molecular flexibility index (Phi) is 2.57. The summed E-state index contributed by atoms with van der Waals surface area (Å²) < 4.78 is 18.6. The number of nitrogens with two attached hydrogens (primary N) is 2. The first-order chi connectivity index (χ1) is 9.08. The molecule has 0 bridgehead atoms. The monoisotopic (exact) mass is 277 g/mol. The van der Waals surface area contributed by atoms with Gasteiger partial charge in [0, 0.05) is 11.8 Å². The van der Waals surface area contributed by atoms with E-state index in [9.17, 15) is 4.39 Å². The summed E-state index contributed by atoms with van der Waals surface area (Å²) in [7, 11) is 0. The molecule has 3 rings (SSSR count). The number of rotatable bonds is 1. The van der Waals surface area contributed by atoms with Crippen LogP contribution in [0.25, 0.3) is 22.2 Å². The van der Waals surface area contributed by atoms with Crippen molar-refractivity contribution >= 4 is 34.3 Å². The Morgan fingerprint density at radius 1 is 1.21 bits per heavy atom. The van der Waals surface area contributed by atoms with E-state index in [2.05, 4.69) is 4.98 Å². The van der Waals surface area contributed by atoms with E-state index in [0.717, 1.165) is 0 Å². The Labute approximate surface area is 112 Å². The predicted molar refractivity (Wildman–Crippen MR) is 73.2 cm³/mol. The van der Waals surface area contributed by atoms with E-state index in [4.69, 9.17) is 27.5 Å². The lowest BCUT2D eigenvalue weighted by atomic mass is 10.1. The molecule has 4 N–H and O–H groups in total. The van der Waals surface area contributed by atoms with Gasteiger partial charge < -0.3 is 15.9 Å². The molecule has 0 amide bonds. The van der Waals surface area contributed by atoms with Gasteiger partial charge in [-0.15, -0.1) is 0 Å². The van der Waals surface area contributed by atoms with E-state index in [1.807, 2.05) is 0 Å². The zero-order valence-electron chi connectivity index (χ0n) is 9.65. The van der Waals surface area contributed by atoms with Crippen molar-refractivity contribution in [1.29, 1.82) is 0 Å². The second-order valence-corrected chi connectivity index (χ2v) is 4.45. The Morgan fingerprint density at radius 2 is 2.00 bits per heavy atom. The van der Waals surface area contributed by atoms with Crippen LogP contribution in [0.15, 0.2) is 34.9 Å². The van der Waals surface area contributed by atoms with Crippen LogP contribution in [-0.4, -0.2) is 4.98 Å². The van der Waals surface area contributed by atoms with Crippen LogP contribution >= 0.6 is 11.6 Å². The zero-order valence-corrected chi connectivity index (χ0v) is 10.4. The molecule has 0 saturated heterocycles. The molecule has 0 aliphatic carbocycles. The molecule has 0 radical (unpaired) electrons. The molecule has 0 aliphatic heterocycles. The maximum atomic E-state index is 13.2. The van der Waals surface area contributed by atoms with Crippen LogP contribution in [0, 0.1) is 5.82 Å². The lowest BCUT2D eigenvalue weighted by Gasteiger charge is -2.03. The second-order valence-electron chi connectivity index (χ2n) is 4.05. The molecule has 0 saturated carbocycles. The van der Waals surface area contributed by atoms with E-state index in [-0.39, 0.29) is 10.9 Å². The zero-order chi connectivity index (χ0) is 13.6. The largest absolute Gasteiger partial charge is 0.436 e. The number of benzene rings is 1. The fourth-order valence-electron chi connectivity index (χ4n) is 1.92. The highest BCUT2D eigenvalue weighted by atomic mass is 35.5. The number of nitrogens with zero attached hydrogens (tertiary/aromatic N) is 1. The third-order valence-electron chi connectivity index (χ3n) is 2.87. The average molecular weight is 278 g/mol. The molecule has 2 aromatic heterocycles. The van der Waals surface area contributed by atoms with Gasteiger partial charge in [0.05, 0.1) is 5.02 Å². The molecule has 6 heteroatoms. The van der Waals surface area contributed by atoms with Crippen LogP contribution in [0.4, 0.5) is 16.0 Å². The third-order valence-corrected chi connectivity index (χ3v) is 3.16. The number of hydrogen-bond acceptors (Lipinski definition) is 4. The van der Waals surface area contributed by atoms with Crippen LogP contribution in [0.2, 0.25) is 5.02 Å². The number of aromatic nitrogens is 1. The number of pyridine rings is 1. The van der Waals surface area contributed by atoms with Crippen LogP contribution < -0.4 is 11.5 Å². The van der Waals surface area contributed by atoms with Gasteiger partial charge >= 0.3 is 0 Å². The molecule has 19 heavy (non-hydrogen) atoms. The van der Waals surface area contributed by atoms with Gasteiger partial charge in [-0.1, -0.05) is 17.7 Å². The highest BCUT2D eigenvalue weighted by molar-refractivity contribution is 6.31. The Balaban J connectivity index is 2.30. The number of fused-ring (bicyclic) bond motifs is 1. The van der Waals surface area contributed by atoms with Crippen molar-refractivity contribution in [3.8, 4) is 11.1 Å².